The standard InChI is InChI=1S/C43H54N2O8S2/c1-26(47)43(18-4-5-19-43)45-38-16-9-29(20-30(38)23-46)42(44-2)53-34-14-13-33(50)24-54-55-25-37-35(15-8-27-6-11-32(49)22-36(27)37)40-28(7-12-31(48)21-34)10-17-39(51)41(40)52-3/h6,8-11,15-17,20,22,26,33-34,42,44-47,49-51H,4-5,7,12-14,18-19,21,23-25H2,1-3H3. The van der Waals surface area contributed by atoms with Gasteiger partial charge in [-0.1, -0.05) is 64.8 Å². The predicted molar refractivity (Wildman–Crippen MR) is 222 cm³/mol. The molecule has 4 unspecified atom stereocenters. The minimum Gasteiger partial charge on any atom is -0.508 e. The van der Waals surface area contributed by atoms with E-state index in [1.807, 2.05) is 49.4 Å². The number of rotatable bonds is 9. The molecule has 12 heteroatoms. The molecule has 0 radical (unpaired) electrons. The van der Waals surface area contributed by atoms with E-state index in [-0.39, 0.29) is 36.7 Å². The van der Waals surface area contributed by atoms with E-state index < -0.39 is 30.1 Å². The second-order valence-corrected chi connectivity index (χ2v) is 17.3. The predicted octanol–water partition coefficient (Wildman–Crippen LogP) is 7.76. The van der Waals surface area contributed by atoms with Gasteiger partial charge in [-0.25, -0.2) is 0 Å². The van der Waals surface area contributed by atoms with Crippen molar-refractivity contribution in [3.05, 3.63) is 82.9 Å². The number of carbonyl (C=O) groups excluding carboxylic acids is 1. The van der Waals surface area contributed by atoms with E-state index in [9.17, 15) is 30.3 Å². The molecule has 10 nitrogen and oxygen atoms in total. The van der Waals surface area contributed by atoms with Crippen molar-refractivity contribution in [1.29, 1.82) is 0 Å². The van der Waals surface area contributed by atoms with Gasteiger partial charge in [0, 0.05) is 41.2 Å². The molecule has 7 N–H and O–H groups in total. The van der Waals surface area contributed by atoms with Crippen LogP contribution in [0.15, 0.2) is 60.7 Å². The van der Waals surface area contributed by atoms with E-state index in [4.69, 9.17) is 9.47 Å². The Morgan fingerprint density at radius 3 is 2.49 bits per heavy atom. The van der Waals surface area contributed by atoms with Gasteiger partial charge in [0.2, 0.25) is 0 Å². The Morgan fingerprint density at radius 2 is 1.76 bits per heavy atom. The van der Waals surface area contributed by atoms with Crippen molar-refractivity contribution >= 4 is 43.8 Å². The Kier molecular flexibility index (Phi) is 13.9. The number of aliphatic hydroxyl groups is 3. The summed E-state index contributed by atoms with van der Waals surface area (Å²) >= 11 is 0. The van der Waals surface area contributed by atoms with Crippen LogP contribution < -0.4 is 15.4 Å². The fourth-order valence-corrected chi connectivity index (χ4v) is 10.4. The Morgan fingerprint density at radius 1 is 0.982 bits per heavy atom. The zero-order valence-corrected chi connectivity index (χ0v) is 33.5. The molecule has 0 bridgehead atoms. The summed E-state index contributed by atoms with van der Waals surface area (Å²) in [6.45, 7) is 1.62. The van der Waals surface area contributed by atoms with Gasteiger partial charge >= 0.3 is 0 Å². The van der Waals surface area contributed by atoms with Gasteiger partial charge in [-0.05, 0) is 109 Å². The topological polar surface area (TPSA) is 161 Å². The summed E-state index contributed by atoms with van der Waals surface area (Å²) in [6.07, 6.45) is 3.21. The van der Waals surface area contributed by atoms with Crippen LogP contribution in [0, 0.1) is 0 Å². The van der Waals surface area contributed by atoms with Gasteiger partial charge in [-0.15, -0.1) is 0 Å². The van der Waals surface area contributed by atoms with Gasteiger partial charge in [-0.2, -0.15) is 0 Å². The molecule has 1 heterocycles. The van der Waals surface area contributed by atoms with Crippen LogP contribution in [0.4, 0.5) is 5.69 Å². The Hall–Kier alpha value is -3.49. The number of aromatic hydroxyl groups is 2. The minimum absolute atomic E-state index is 0.00333. The first-order valence-electron chi connectivity index (χ1n) is 19.2. The number of aliphatic hydroxyl groups excluding tert-OH is 3. The lowest BCUT2D eigenvalue weighted by molar-refractivity contribution is -0.124. The van der Waals surface area contributed by atoms with Crippen LogP contribution in [0.3, 0.4) is 0 Å². The summed E-state index contributed by atoms with van der Waals surface area (Å²) in [4.78, 5) is 13.8. The largest absolute Gasteiger partial charge is 0.508 e. The highest BCUT2D eigenvalue weighted by Gasteiger charge is 2.38. The Labute approximate surface area is 331 Å². The van der Waals surface area contributed by atoms with Crippen molar-refractivity contribution in [2.75, 3.05) is 25.2 Å². The number of aryl methyl sites for hydroxylation is 1. The maximum atomic E-state index is 13.8. The first-order chi connectivity index (χ1) is 26.5. The number of hydrogen-bond acceptors (Lipinski definition) is 12. The zero-order chi connectivity index (χ0) is 39.1. The molecule has 55 heavy (non-hydrogen) atoms. The van der Waals surface area contributed by atoms with E-state index in [0.29, 0.717) is 47.6 Å². The average Bonchev–Trinajstić information content (AvgIpc) is 3.66. The number of phenols is 2. The van der Waals surface area contributed by atoms with E-state index >= 15 is 0 Å². The number of anilines is 1. The van der Waals surface area contributed by atoms with Gasteiger partial charge < -0.3 is 40.3 Å². The van der Waals surface area contributed by atoms with Gasteiger partial charge in [0.25, 0.3) is 0 Å². The third-order valence-corrected chi connectivity index (χ3v) is 13.5. The summed E-state index contributed by atoms with van der Waals surface area (Å²) in [5.41, 5.74) is 5.21. The molecule has 4 atom stereocenters. The molecular weight excluding hydrogens is 737 g/mol. The SMILES string of the molecule is CNC(OC1CCC(O)CSSCc2c(ccc3ccc(O)cc23)-c2c(ccc(O)c2OC)CCC(=O)C1)c1ccc(NC2(C(C)O)CCCC2)c(CO)c1. The minimum atomic E-state index is -0.628. The maximum absolute atomic E-state index is 13.8. The fourth-order valence-electron chi connectivity index (χ4n) is 8.08. The summed E-state index contributed by atoms with van der Waals surface area (Å²) < 4.78 is 12.4. The number of hydrogen-bond donors (Lipinski definition) is 7. The lowest BCUT2D eigenvalue weighted by atomic mass is 9.89. The molecule has 4 aromatic carbocycles. The highest BCUT2D eigenvalue weighted by Crippen LogP contribution is 2.46. The molecule has 0 saturated heterocycles. The quantitative estimate of drug-likeness (QED) is 0.0654. The van der Waals surface area contributed by atoms with Gasteiger partial charge in [0.1, 0.15) is 17.8 Å². The van der Waals surface area contributed by atoms with Crippen LogP contribution in [0.5, 0.6) is 17.2 Å². The Balaban J connectivity index is 1.27. The maximum Gasteiger partial charge on any atom is 0.168 e. The molecule has 296 valence electrons. The number of Topliss-reactive ketones (excluding diaryl/α,β-unsaturated/α-hetero) is 1. The van der Waals surface area contributed by atoms with Crippen LogP contribution >= 0.6 is 21.6 Å². The van der Waals surface area contributed by atoms with E-state index in [2.05, 4.69) is 10.6 Å². The number of phenolic OH excluding ortho intramolecular Hbond substituents is 2. The molecular formula is C43H54N2O8S2. The van der Waals surface area contributed by atoms with Crippen molar-refractivity contribution in [1.82, 2.24) is 5.32 Å². The molecule has 6 rings (SSSR count). The van der Waals surface area contributed by atoms with Crippen molar-refractivity contribution in [3.8, 4) is 28.4 Å². The number of benzene rings is 4. The van der Waals surface area contributed by atoms with Crippen LogP contribution in [0.2, 0.25) is 0 Å². The zero-order valence-electron chi connectivity index (χ0n) is 31.8. The molecule has 0 spiro atoms. The van der Waals surface area contributed by atoms with Crippen LogP contribution in [0.1, 0.15) is 86.8 Å². The monoisotopic (exact) mass is 790 g/mol. The molecule has 1 saturated carbocycles. The average molecular weight is 791 g/mol. The highest BCUT2D eigenvalue weighted by atomic mass is 33.1. The van der Waals surface area contributed by atoms with Gasteiger partial charge in [-0.3, -0.25) is 10.1 Å². The summed E-state index contributed by atoms with van der Waals surface area (Å²) in [7, 11) is 6.49. The number of ether oxygens (including phenoxy) is 2. The molecule has 0 amide bonds. The fraction of sp³-hybridized carbons (Fsp3) is 0.465. The second-order valence-electron chi connectivity index (χ2n) is 14.8. The molecule has 4 aromatic rings. The summed E-state index contributed by atoms with van der Waals surface area (Å²) in [6, 6.07) is 18.5. The third-order valence-electron chi connectivity index (χ3n) is 11.2. The van der Waals surface area contributed by atoms with Gasteiger partial charge in [0.05, 0.1) is 37.6 Å². The number of methoxy groups -OCH3 is 1. The number of carbonyl (C=O) groups is 1. The number of nitrogens with one attached hydrogen (secondary N) is 2. The molecule has 2 aliphatic rings. The normalized spacial score (nSPS) is 20.7. The van der Waals surface area contributed by atoms with E-state index in [1.165, 1.54) is 7.11 Å². The lowest BCUT2D eigenvalue weighted by Gasteiger charge is -2.35. The van der Waals surface area contributed by atoms with Crippen molar-refractivity contribution < 1.29 is 39.8 Å². The smallest absolute Gasteiger partial charge is 0.168 e. The summed E-state index contributed by atoms with van der Waals surface area (Å²) in [5, 5.41) is 62.2. The number of ketones is 1. The first kappa shape index (κ1) is 41.2. The van der Waals surface area contributed by atoms with Gasteiger partial charge in [0.15, 0.2) is 11.5 Å². The van der Waals surface area contributed by atoms with E-state index in [1.54, 1.807) is 46.8 Å². The van der Waals surface area contributed by atoms with Crippen LogP contribution in [0.25, 0.3) is 21.9 Å². The molecule has 1 aliphatic carbocycles. The third kappa shape index (κ3) is 9.56. The lowest BCUT2D eigenvalue weighted by Crippen LogP contribution is -2.45. The number of fused-ring (bicyclic) bond motifs is 5. The van der Waals surface area contributed by atoms with Crippen molar-refractivity contribution in [2.24, 2.45) is 0 Å². The molecule has 1 aliphatic heterocycles. The first-order valence-corrected chi connectivity index (χ1v) is 21.6. The van der Waals surface area contributed by atoms with Crippen LogP contribution in [-0.4, -0.2) is 75.1 Å². The Bertz CT molecular complexity index is 1950. The van der Waals surface area contributed by atoms with Crippen LogP contribution in [-0.2, 0) is 28.3 Å². The van der Waals surface area contributed by atoms with E-state index in [0.717, 1.165) is 64.4 Å². The highest BCUT2D eigenvalue weighted by molar-refractivity contribution is 8.76. The summed E-state index contributed by atoms with van der Waals surface area (Å²) in [5.74, 6) is 1.50. The van der Waals surface area contributed by atoms with Crippen molar-refractivity contribution in [2.45, 2.75) is 107 Å². The second kappa shape index (κ2) is 18.6. The molecule has 1 fully saturated rings. The molecule has 0 aromatic heterocycles. The van der Waals surface area contributed by atoms with Crippen molar-refractivity contribution in [3.63, 3.8) is 0 Å².